The largest absolute Gasteiger partial charge is 0.459 e. The molecule has 11 heteroatoms. The minimum absolute atomic E-state index is 0.0832. The number of halogens is 8. The smallest absolute Gasteiger partial charge is 0.272 e. The molecule has 0 radical (unpaired) electrons. The van der Waals surface area contributed by atoms with Crippen molar-refractivity contribution in [1.29, 1.82) is 0 Å². The molecule has 1 aromatic carbocycles. The highest BCUT2D eigenvalue weighted by atomic mass is 127. The molecule has 0 N–H and O–H groups in total. The molecule has 1 aliphatic heterocycles. The summed E-state index contributed by atoms with van der Waals surface area (Å²) in [5, 5.41) is 0.786. The Hall–Kier alpha value is -1.11. The van der Waals surface area contributed by atoms with Crippen LogP contribution in [0.25, 0.3) is 0 Å². The molecule has 1 saturated heterocycles. The molecule has 1 aliphatic rings. The van der Waals surface area contributed by atoms with E-state index in [1.807, 2.05) is 22.6 Å². The van der Waals surface area contributed by atoms with Crippen molar-refractivity contribution in [3.8, 4) is 0 Å². The number of benzene rings is 1. The van der Waals surface area contributed by atoms with Gasteiger partial charge in [0.1, 0.15) is 6.61 Å². The Kier molecular flexibility index (Phi) is 6.83. The Morgan fingerprint density at radius 3 is 2.21 bits per heavy atom. The van der Waals surface area contributed by atoms with E-state index in [-0.39, 0.29) is 13.2 Å². The lowest BCUT2D eigenvalue weighted by Gasteiger charge is -2.36. The monoisotopic (exact) mass is 541 g/mol. The maximum atomic E-state index is 14.1. The molecule has 0 aliphatic carbocycles. The first-order chi connectivity index (χ1) is 13.1. The van der Waals surface area contributed by atoms with Crippen LogP contribution in [0.1, 0.15) is 25.8 Å². The van der Waals surface area contributed by atoms with Crippen LogP contribution in [0.4, 0.5) is 30.7 Å². The third-order valence-corrected chi connectivity index (χ3v) is 5.95. The van der Waals surface area contributed by atoms with E-state index in [1.165, 1.54) is 0 Å². The van der Waals surface area contributed by atoms with Gasteiger partial charge >= 0.3 is 18.0 Å². The zero-order valence-corrected chi connectivity index (χ0v) is 17.6. The van der Waals surface area contributed by atoms with Gasteiger partial charge in [0.05, 0.1) is 12.0 Å². The van der Waals surface area contributed by atoms with E-state index in [0.29, 0.717) is 5.56 Å². The van der Waals surface area contributed by atoms with Crippen LogP contribution >= 0.6 is 22.6 Å². The molecule has 1 heterocycles. The average Bonchev–Trinajstić information content (AvgIpc) is 2.83. The molecule has 2 rings (SSSR count). The first-order valence-corrected chi connectivity index (χ1v) is 9.83. The summed E-state index contributed by atoms with van der Waals surface area (Å²) in [5.41, 5.74) is -1.49. The predicted molar refractivity (Wildman–Crippen MR) is 98.6 cm³/mol. The van der Waals surface area contributed by atoms with Crippen LogP contribution in [0.3, 0.4) is 0 Å². The Labute approximate surface area is 176 Å². The van der Waals surface area contributed by atoms with Crippen LogP contribution in [0, 0.1) is 11.3 Å². The SMILES string of the molecule is CC(I)[C@H]1CN(OCc2ccccc2)C(=O)[C@]1(C)CC(F)(F)C(F)(F)C(F)(F)F. The Morgan fingerprint density at radius 1 is 1.17 bits per heavy atom. The van der Waals surface area contributed by atoms with Gasteiger partial charge < -0.3 is 0 Å². The lowest BCUT2D eigenvalue weighted by atomic mass is 9.72. The van der Waals surface area contributed by atoms with E-state index in [2.05, 4.69) is 0 Å². The molecule has 0 spiro atoms. The zero-order chi connectivity index (χ0) is 22.3. The van der Waals surface area contributed by atoms with Crippen molar-refractivity contribution < 1.29 is 40.4 Å². The third-order valence-electron chi connectivity index (χ3n) is 5.08. The fourth-order valence-electron chi connectivity index (χ4n) is 3.38. The van der Waals surface area contributed by atoms with Gasteiger partial charge in [0.15, 0.2) is 0 Å². The topological polar surface area (TPSA) is 29.5 Å². The first kappa shape index (κ1) is 24.2. The predicted octanol–water partition coefficient (Wildman–Crippen LogP) is 5.63. The lowest BCUT2D eigenvalue weighted by molar-refractivity contribution is -0.359. The van der Waals surface area contributed by atoms with Crippen molar-refractivity contribution in [2.75, 3.05) is 6.54 Å². The van der Waals surface area contributed by atoms with E-state index in [4.69, 9.17) is 4.84 Å². The molecule has 1 fully saturated rings. The number of amides is 1. The van der Waals surface area contributed by atoms with Gasteiger partial charge in [-0.25, -0.2) is 5.06 Å². The zero-order valence-electron chi connectivity index (χ0n) is 15.5. The van der Waals surface area contributed by atoms with Gasteiger partial charge in [0, 0.05) is 16.3 Å². The summed E-state index contributed by atoms with van der Waals surface area (Å²) in [6.45, 7) is 2.28. The number of hydrogen-bond donors (Lipinski definition) is 0. The van der Waals surface area contributed by atoms with Crippen LogP contribution in [0.5, 0.6) is 0 Å². The molecule has 3 nitrogen and oxygen atoms in total. The highest BCUT2D eigenvalue weighted by molar-refractivity contribution is 14.1. The number of hydroxylamine groups is 2. The molecular formula is C18H19F7INO2. The second-order valence-electron chi connectivity index (χ2n) is 7.28. The Balaban J connectivity index is 2.27. The molecular weight excluding hydrogens is 522 g/mol. The quantitative estimate of drug-likeness (QED) is 0.255. The molecule has 3 atom stereocenters. The summed E-state index contributed by atoms with van der Waals surface area (Å²) in [4.78, 5) is 18.1. The molecule has 29 heavy (non-hydrogen) atoms. The summed E-state index contributed by atoms with van der Waals surface area (Å²) >= 11 is 1.83. The van der Waals surface area contributed by atoms with Crippen LogP contribution in [-0.4, -0.2) is 39.5 Å². The van der Waals surface area contributed by atoms with Crippen molar-refractivity contribution >= 4 is 28.5 Å². The van der Waals surface area contributed by atoms with Crippen LogP contribution in [-0.2, 0) is 16.2 Å². The second-order valence-corrected chi connectivity index (χ2v) is 9.24. The summed E-state index contributed by atoms with van der Waals surface area (Å²) < 4.78 is 92.1. The summed E-state index contributed by atoms with van der Waals surface area (Å²) in [6.07, 6.45) is -8.39. The van der Waals surface area contributed by atoms with Gasteiger partial charge in [-0.2, -0.15) is 30.7 Å². The van der Waals surface area contributed by atoms with Crippen molar-refractivity contribution in [1.82, 2.24) is 5.06 Å². The molecule has 164 valence electrons. The third kappa shape index (κ3) is 4.64. The van der Waals surface area contributed by atoms with E-state index in [0.717, 1.165) is 12.0 Å². The highest BCUT2D eigenvalue weighted by Crippen LogP contribution is 2.55. The van der Waals surface area contributed by atoms with Crippen molar-refractivity contribution in [3.05, 3.63) is 35.9 Å². The van der Waals surface area contributed by atoms with Crippen molar-refractivity contribution in [2.45, 2.75) is 48.8 Å². The van der Waals surface area contributed by atoms with Crippen molar-refractivity contribution in [3.63, 3.8) is 0 Å². The normalized spacial score (nSPS) is 24.8. The van der Waals surface area contributed by atoms with Gasteiger partial charge in [0.2, 0.25) is 0 Å². The van der Waals surface area contributed by atoms with Gasteiger partial charge in [-0.05, 0) is 5.56 Å². The van der Waals surface area contributed by atoms with Gasteiger partial charge in [-0.15, -0.1) is 0 Å². The van der Waals surface area contributed by atoms with Crippen LogP contribution < -0.4 is 0 Å². The van der Waals surface area contributed by atoms with Crippen LogP contribution in [0.15, 0.2) is 30.3 Å². The molecule has 1 unspecified atom stereocenters. The second kappa shape index (κ2) is 8.20. The average molecular weight is 541 g/mol. The van der Waals surface area contributed by atoms with Gasteiger partial charge in [0.25, 0.3) is 5.91 Å². The highest BCUT2D eigenvalue weighted by Gasteiger charge is 2.75. The van der Waals surface area contributed by atoms with E-state index < -0.39 is 45.6 Å². The summed E-state index contributed by atoms with van der Waals surface area (Å²) in [5.74, 6) is -13.7. The Bertz CT molecular complexity index is 727. The molecule has 0 saturated carbocycles. The maximum absolute atomic E-state index is 14.1. The molecule has 1 amide bonds. The fourth-order valence-corrected chi connectivity index (χ4v) is 4.40. The maximum Gasteiger partial charge on any atom is 0.459 e. The minimum atomic E-state index is -6.44. The number of hydrogen-bond acceptors (Lipinski definition) is 2. The molecule has 1 aromatic rings. The number of rotatable bonds is 7. The first-order valence-electron chi connectivity index (χ1n) is 8.59. The number of carbonyl (C=O) groups is 1. The molecule has 0 bridgehead atoms. The van der Waals surface area contributed by atoms with E-state index >= 15 is 0 Å². The van der Waals surface area contributed by atoms with E-state index in [9.17, 15) is 35.5 Å². The minimum Gasteiger partial charge on any atom is -0.272 e. The van der Waals surface area contributed by atoms with Crippen LogP contribution in [0.2, 0.25) is 0 Å². The number of alkyl halides is 8. The van der Waals surface area contributed by atoms with Gasteiger partial charge in [-0.1, -0.05) is 66.8 Å². The fraction of sp³-hybridized carbons (Fsp3) is 0.611. The number of carbonyl (C=O) groups excluding carboxylic acids is 1. The number of nitrogens with zero attached hydrogens (tertiary/aromatic N) is 1. The van der Waals surface area contributed by atoms with Gasteiger partial charge in [-0.3, -0.25) is 9.63 Å². The summed E-state index contributed by atoms with van der Waals surface area (Å²) in [6, 6.07) is 8.55. The van der Waals surface area contributed by atoms with E-state index in [1.54, 1.807) is 37.3 Å². The summed E-state index contributed by atoms with van der Waals surface area (Å²) in [7, 11) is 0. The standard InChI is InChI=1S/C18H19F7INO2/c1-11(26)13-8-27(29-9-12-6-4-3-5-7-12)14(28)15(13,2)10-16(19,20)17(21,22)18(23,24)25/h3-7,11,13H,8-10H2,1-2H3/t11?,13-,15-/m1/s1. The van der Waals surface area contributed by atoms with Crippen molar-refractivity contribution in [2.24, 2.45) is 11.3 Å². The lowest BCUT2D eigenvalue weighted by Crippen LogP contribution is -2.55. The molecule has 0 aromatic heterocycles. The Morgan fingerprint density at radius 2 is 1.72 bits per heavy atom.